The maximum Gasteiger partial charge on any atom is 0.0587 e. The van der Waals surface area contributed by atoms with Crippen molar-refractivity contribution < 1.29 is 5.11 Å². The summed E-state index contributed by atoms with van der Waals surface area (Å²) in [6.07, 6.45) is 0.947. The fourth-order valence-corrected chi connectivity index (χ4v) is 2.23. The Labute approximate surface area is 91.5 Å². The molecule has 3 heteroatoms. The number of rotatable bonds is 1. The normalized spacial score (nSPS) is 21.2. The van der Waals surface area contributed by atoms with Gasteiger partial charge >= 0.3 is 0 Å². The number of hydrogen-bond donors (Lipinski definition) is 2. The summed E-state index contributed by atoms with van der Waals surface area (Å²) < 4.78 is 1.28. The highest BCUT2D eigenvalue weighted by Crippen LogP contribution is 2.19. The number of benzene rings is 1. The van der Waals surface area contributed by atoms with Crippen LogP contribution in [-0.2, 0) is 13.0 Å². The van der Waals surface area contributed by atoms with Crippen molar-refractivity contribution >= 4 is 22.6 Å². The van der Waals surface area contributed by atoms with Gasteiger partial charge in [-0.25, -0.2) is 0 Å². The van der Waals surface area contributed by atoms with Gasteiger partial charge in [-0.15, -0.1) is 0 Å². The lowest BCUT2D eigenvalue weighted by atomic mass is 9.96. The molecule has 0 bridgehead atoms. The van der Waals surface area contributed by atoms with Crippen LogP contribution in [0.25, 0.3) is 0 Å². The van der Waals surface area contributed by atoms with Crippen molar-refractivity contribution in [3.63, 3.8) is 0 Å². The Morgan fingerprint density at radius 2 is 2.31 bits per heavy atom. The molecule has 0 fully saturated rings. The molecule has 70 valence electrons. The Morgan fingerprint density at radius 1 is 1.46 bits per heavy atom. The lowest BCUT2D eigenvalue weighted by Gasteiger charge is -2.24. The van der Waals surface area contributed by atoms with Gasteiger partial charge in [-0.3, -0.25) is 0 Å². The van der Waals surface area contributed by atoms with E-state index in [9.17, 15) is 0 Å². The molecule has 1 heterocycles. The van der Waals surface area contributed by atoms with E-state index < -0.39 is 0 Å². The van der Waals surface area contributed by atoms with Crippen LogP contribution in [-0.4, -0.2) is 17.8 Å². The fourth-order valence-electron chi connectivity index (χ4n) is 1.68. The molecule has 1 aliphatic rings. The van der Waals surface area contributed by atoms with Crippen LogP contribution in [0.3, 0.4) is 0 Å². The molecule has 2 nitrogen and oxygen atoms in total. The summed E-state index contributed by atoms with van der Waals surface area (Å²) in [6.45, 7) is 1.11. The summed E-state index contributed by atoms with van der Waals surface area (Å²) >= 11 is 2.32. The lowest BCUT2D eigenvalue weighted by molar-refractivity contribution is 0.236. The first kappa shape index (κ1) is 9.43. The van der Waals surface area contributed by atoms with Crippen LogP contribution in [0.1, 0.15) is 11.1 Å². The molecule has 0 radical (unpaired) electrons. The minimum atomic E-state index is 0.228. The minimum Gasteiger partial charge on any atom is -0.395 e. The third kappa shape index (κ3) is 2.03. The van der Waals surface area contributed by atoms with Gasteiger partial charge in [-0.1, -0.05) is 6.07 Å². The zero-order valence-corrected chi connectivity index (χ0v) is 9.41. The first-order chi connectivity index (χ1) is 6.29. The van der Waals surface area contributed by atoms with Gasteiger partial charge in [0.2, 0.25) is 0 Å². The van der Waals surface area contributed by atoms with Crippen LogP contribution < -0.4 is 5.32 Å². The Hall–Kier alpha value is -0.130. The Morgan fingerprint density at radius 3 is 3.08 bits per heavy atom. The summed E-state index contributed by atoms with van der Waals surface area (Å²) in [6, 6.07) is 6.74. The number of hydrogen-bond acceptors (Lipinski definition) is 2. The van der Waals surface area contributed by atoms with Crippen molar-refractivity contribution in [2.24, 2.45) is 0 Å². The van der Waals surface area contributed by atoms with Gasteiger partial charge in [0.25, 0.3) is 0 Å². The van der Waals surface area contributed by atoms with Crippen LogP contribution >= 0.6 is 22.6 Å². The Kier molecular flexibility index (Phi) is 2.86. The first-order valence-corrected chi connectivity index (χ1v) is 5.49. The second-order valence-corrected chi connectivity index (χ2v) is 4.62. The van der Waals surface area contributed by atoms with Gasteiger partial charge in [-0.2, -0.15) is 0 Å². The summed E-state index contributed by atoms with van der Waals surface area (Å²) in [4.78, 5) is 0. The molecule has 0 spiro atoms. The number of aliphatic hydroxyl groups is 1. The quantitative estimate of drug-likeness (QED) is 0.764. The molecule has 2 N–H and O–H groups in total. The van der Waals surface area contributed by atoms with Crippen molar-refractivity contribution in [1.82, 2.24) is 5.32 Å². The number of halogens is 1. The highest BCUT2D eigenvalue weighted by Gasteiger charge is 2.16. The molecule has 2 rings (SSSR count). The van der Waals surface area contributed by atoms with Crippen LogP contribution in [0, 0.1) is 3.57 Å². The SMILES string of the molecule is OC[C@H]1Cc2ccc(I)cc2CN1. The topological polar surface area (TPSA) is 32.3 Å². The van der Waals surface area contributed by atoms with E-state index in [0.717, 1.165) is 13.0 Å². The molecule has 0 unspecified atom stereocenters. The number of fused-ring (bicyclic) bond motifs is 1. The van der Waals surface area contributed by atoms with E-state index in [-0.39, 0.29) is 12.6 Å². The van der Waals surface area contributed by atoms with Gasteiger partial charge < -0.3 is 10.4 Å². The molecular formula is C10H12INO. The molecule has 0 saturated heterocycles. The fraction of sp³-hybridized carbons (Fsp3) is 0.400. The van der Waals surface area contributed by atoms with Crippen molar-refractivity contribution in [2.75, 3.05) is 6.61 Å². The average Bonchev–Trinajstić information content (AvgIpc) is 2.17. The number of nitrogens with one attached hydrogen (secondary N) is 1. The van der Waals surface area contributed by atoms with Crippen molar-refractivity contribution in [3.05, 3.63) is 32.9 Å². The van der Waals surface area contributed by atoms with Crippen LogP contribution in [0.15, 0.2) is 18.2 Å². The molecule has 0 amide bonds. The van der Waals surface area contributed by atoms with Gasteiger partial charge in [0.15, 0.2) is 0 Å². The zero-order chi connectivity index (χ0) is 9.26. The van der Waals surface area contributed by atoms with Gasteiger partial charge in [0, 0.05) is 16.2 Å². The molecule has 0 saturated carbocycles. The van der Waals surface area contributed by atoms with Crippen molar-refractivity contribution in [2.45, 2.75) is 19.0 Å². The van der Waals surface area contributed by atoms with Crippen LogP contribution in [0.5, 0.6) is 0 Å². The lowest BCUT2D eigenvalue weighted by Crippen LogP contribution is -2.38. The maximum absolute atomic E-state index is 9.01. The molecule has 1 aliphatic heterocycles. The molecule has 1 atom stereocenters. The molecule has 0 aliphatic carbocycles. The second kappa shape index (κ2) is 3.94. The third-order valence-corrected chi connectivity index (χ3v) is 3.11. The smallest absolute Gasteiger partial charge is 0.0587 e. The van der Waals surface area contributed by atoms with Crippen molar-refractivity contribution in [3.8, 4) is 0 Å². The predicted octanol–water partition coefficient (Wildman–Crippen LogP) is 1.30. The Bertz CT molecular complexity index is 314. The van der Waals surface area contributed by atoms with E-state index in [1.165, 1.54) is 14.7 Å². The molecule has 0 aromatic heterocycles. The summed E-state index contributed by atoms with van der Waals surface area (Å²) in [7, 11) is 0. The van der Waals surface area contributed by atoms with Gasteiger partial charge in [0.05, 0.1) is 6.61 Å². The van der Waals surface area contributed by atoms with Gasteiger partial charge in [-0.05, 0) is 52.3 Å². The summed E-state index contributed by atoms with van der Waals surface area (Å²) in [5, 5.41) is 12.3. The average molecular weight is 289 g/mol. The van der Waals surface area contributed by atoms with E-state index in [2.05, 4.69) is 46.1 Å². The summed E-state index contributed by atoms with van der Waals surface area (Å²) in [5.41, 5.74) is 2.75. The second-order valence-electron chi connectivity index (χ2n) is 3.38. The number of aliphatic hydroxyl groups excluding tert-OH is 1. The first-order valence-electron chi connectivity index (χ1n) is 4.41. The predicted molar refractivity (Wildman–Crippen MR) is 60.6 cm³/mol. The van der Waals surface area contributed by atoms with E-state index >= 15 is 0 Å². The van der Waals surface area contributed by atoms with E-state index in [1.54, 1.807) is 0 Å². The Balaban J connectivity index is 2.26. The highest BCUT2D eigenvalue weighted by atomic mass is 127. The monoisotopic (exact) mass is 289 g/mol. The molecule has 1 aromatic rings. The standard InChI is InChI=1S/C10H12INO/c11-9-2-1-7-4-10(6-13)12-5-8(7)3-9/h1-3,10,12-13H,4-6H2/t10-/m1/s1. The van der Waals surface area contributed by atoms with Crippen LogP contribution in [0.2, 0.25) is 0 Å². The zero-order valence-electron chi connectivity index (χ0n) is 7.26. The molecule has 13 heavy (non-hydrogen) atoms. The highest BCUT2D eigenvalue weighted by molar-refractivity contribution is 14.1. The van der Waals surface area contributed by atoms with E-state index in [4.69, 9.17) is 5.11 Å². The third-order valence-electron chi connectivity index (χ3n) is 2.44. The van der Waals surface area contributed by atoms with Crippen molar-refractivity contribution in [1.29, 1.82) is 0 Å². The minimum absolute atomic E-state index is 0.228. The molecular weight excluding hydrogens is 277 g/mol. The van der Waals surface area contributed by atoms with Crippen LogP contribution in [0.4, 0.5) is 0 Å². The van der Waals surface area contributed by atoms with E-state index in [1.807, 2.05) is 0 Å². The summed E-state index contributed by atoms with van der Waals surface area (Å²) in [5.74, 6) is 0. The maximum atomic E-state index is 9.01. The van der Waals surface area contributed by atoms with Gasteiger partial charge in [0.1, 0.15) is 0 Å². The van der Waals surface area contributed by atoms with E-state index in [0.29, 0.717) is 0 Å². The largest absolute Gasteiger partial charge is 0.395 e. The molecule has 1 aromatic carbocycles.